The highest BCUT2D eigenvalue weighted by atomic mass is 35.5. The molecule has 4 nitrogen and oxygen atoms in total. The smallest absolute Gasteiger partial charge is 0.205 e. The Morgan fingerprint density at radius 2 is 1.86 bits per heavy atom. The van der Waals surface area contributed by atoms with Crippen molar-refractivity contribution in [3.8, 4) is 11.1 Å². The Morgan fingerprint density at radius 1 is 1.14 bits per heavy atom. The summed E-state index contributed by atoms with van der Waals surface area (Å²) < 4.78 is 2.09. The van der Waals surface area contributed by atoms with Crippen LogP contribution >= 0.6 is 11.6 Å². The summed E-state index contributed by atoms with van der Waals surface area (Å²) in [4.78, 5) is 5.70. The lowest BCUT2D eigenvalue weighted by Gasteiger charge is -2.26. The lowest BCUT2D eigenvalue weighted by Crippen LogP contribution is -2.17. The third-order valence-corrected chi connectivity index (χ3v) is 5.59. The molecule has 29 heavy (non-hydrogen) atoms. The molecular weight excluding hydrogens is 380 g/mol. The van der Waals surface area contributed by atoms with Crippen molar-refractivity contribution in [1.29, 1.82) is 0 Å². The van der Waals surface area contributed by atoms with Crippen LogP contribution in [0.25, 0.3) is 16.0 Å². The summed E-state index contributed by atoms with van der Waals surface area (Å²) in [5, 5.41) is 5.23. The first kappa shape index (κ1) is 21.0. The molecule has 3 rings (SSSR count). The number of halogens is 1. The van der Waals surface area contributed by atoms with Gasteiger partial charge in [-0.1, -0.05) is 29.8 Å². The van der Waals surface area contributed by atoms with Gasteiger partial charge in [0, 0.05) is 40.2 Å². The zero-order valence-electron chi connectivity index (χ0n) is 17.9. The second-order valence-corrected chi connectivity index (χ2v) is 7.98. The third kappa shape index (κ3) is 3.88. The van der Waals surface area contributed by atoms with Gasteiger partial charge in [-0.25, -0.2) is 4.85 Å². The van der Waals surface area contributed by atoms with E-state index in [1.807, 2.05) is 12.1 Å². The second kappa shape index (κ2) is 8.31. The molecule has 0 bridgehead atoms. The van der Waals surface area contributed by atoms with Gasteiger partial charge >= 0.3 is 0 Å². The molecule has 0 spiro atoms. The first-order valence-corrected chi connectivity index (χ1v) is 10.3. The van der Waals surface area contributed by atoms with Crippen LogP contribution < -0.4 is 4.90 Å². The van der Waals surface area contributed by atoms with Gasteiger partial charge < -0.3 is 4.90 Å². The minimum Gasteiger partial charge on any atom is -0.342 e. The largest absolute Gasteiger partial charge is 0.342 e. The topological polar surface area (TPSA) is 25.4 Å². The zero-order chi connectivity index (χ0) is 21.3. The quantitative estimate of drug-likeness (QED) is 0.412. The summed E-state index contributed by atoms with van der Waals surface area (Å²) in [7, 11) is 0. The fraction of sp³-hybridized carbons (Fsp3) is 0.333. The number of aromatic nitrogens is 2. The maximum atomic E-state index is 7.22. The monoisotopic (exact) mass is 406 g/mol. The number of hydrogen-bond donors (Lipinski definition) is 0. The van der Waals surface area contributed by atoms with E-state index in [1.165, 1.54) is 16.8 Å². The van der Waals surface area contributed by atoms with Crippen LogP contribution in [0, 0.1) is 27.3 Å². The van der Waals surface area contributed by atoms with Crippen LogP contribution in [0.15, 0.2) is 36.4 Å². The fourth-order valence-corrected chi connectivity index (χ4v) is 4.10. The highest BCUT2D eigenvalue weighted by Crippen LogP contribution is 2.37. The molecule has 0 radical (unpaired) electrons. The van der Waals surface area contributed by atoms with E-state index in [1.54, 1.807) is 6.07 Å². The van der Waals surface area contributed by atoms with E-state index in [-0.39, 0.29) is 0 Å². The number of hydrogen-bond acceptors (Lipinski definition) is 2. The number of rotatable bonds is 5. The molecule has 0 atom stereocenters. The molecule has 150 valence electrons. The first-order chi connectivity index (χ1) is 13.8. The predicted molar refractivity (Wildman–Crippen MR) is 123 cm³/mol. The van der Waals surface area contributed by atoms with Crippen LogP contribution in [0.3, 0.4) is 0 Å². The molecule has 0 unspecified atom stereocenters. The van der Waals surface area contributed by atoms with E-state index in [4.69, 9.17) is 23.3 Å². The van der Waals surface area contributed by atoms with Crippen molar-refractivity contribution in [1.82, 2.24) is 9.78 Å². The Morgan fingerprint density at radius 3 is 2.41 bits per heavy atom. The molecule has 0 N–H and O–H groups in total. The Kier molecular flexibility index (Phi) is 6.00. The molecule has 0 aliphatic heterocycles. The second-order valence-electron chi connectivity index (χ2n) is 7.58. The van der Waals surface area contributed by atoms with E-state index < -0.39 is 0 Å². The molecule has 0 amide bonds. The van der Waals surface area contributed by atoms with Gasteiger partial charge in [0.05, 0.1) is 12.3 Å². The lowest BCUT2D eigenvalue weighted by molar-refractivity contribution is 0.516. The molecule has 0 saturated carbocycles. The summed E-state index contributed by atoms with van der Waals surface area (Å²) in [5.41, 5.74) is 8.35. The summed E-state index contributed by atoms with van der Waals surface area (Å²) in [6.07, 6.45) is 0. The molecule has 0 aliphatic carbocycles. The number of nitrogens with zero attached hydrogens (tertiary/aromatic N) is 4. The predicted octanol–water partition coefficient (Wildman–Crippen LogP) is 7.42. The highest BCUT2D eigenvalue weighted by molar-refractivity contribution is 6.33. The average molecular weight is 407 g/mol. The summed E-state index contributed by atoms with van der Waals surface area (Å²) in [5.74, 6) is 0. The molecule has 0 saturated heterocycles. The normalized spacial score (nSPS) is 11.0. The molecule has 1 heterocycles. The van der Waals surface area contributed by atoms with Gasteiger partial charge in [0.2, 0.25) is 5.69 Å². The SMILES string of the molecule is [C-]#[N+]c1ccc(N(CC)c2cc(-c3c(C)nn(C(C)C)c3C)ccc2C)cc1Cl. The van der Waals surface area contributed by atoms with Crippen molar-refractivity contribution >= 4 is 28.7 Å². The Labute approximate surface area is 178 Å². The van der Waals surface area contributed by atoms with Gasteiger partial charge in [-0.05, 0) is 70.9 Å². The molecule has 0 aliphatic rings. The fourth-order valence-electron chi connectivity index (χ4n) is 3.89. The summed E-state index contributed by atoms with van der Waals surface area (Å²) >= 11 is 6.31. The van der Waals surface area contributed by atoms with Crippen LogP contribution in [0.1, 0.15) is 43.8 Å². The van der Waals surface area contributed by atoms with Gasteiger partial charge in [-0.2, -0.15) is 5.10 Å². The maximum Gasteiger partial charge on any atom is 0.205 e. The average Bonchev–Trinajstić information content (AvgIpc) is 2.98. The van der Waals surface area contributed by atoms with Crippen LogP contribution in [0.2, 0.25) is 5.02 Å². The van der Waals surface area contributed by atoms with Crippen molar-refractivity contribution in [2.75, 3.05) is 11.4 Å². The van der Waals surface area contributed by atoms with Crippen molar-refractivity contribution < 1.29 is 0 Å². The number of aryl methyl sites for hydroxylation is 2. The van der Waals surface area contributed by atoms with Crippen molar-refractivity contribution in [3.63, 3.8) is 0 Å². The summed E-state index contributed by atoms with van der Waals surface area (Å²) in [6, 6.07) is 12.5. The first-order valence-electron chi connectivity index (χ1n) is 9.89. The number of anilines is 2. The maximum absolute atomic E-state index is 7.22. The van der Waals surface area contributed by atoms with Gasteiger partial charge in [0.15, 0.2) is 0 Å². The van der Waals surface area contributed by atoms with Crippen molar-refractivity contribution in [2.24, 2.45) is 0 Å². The Balaban J connectivity index is 2.12. The highest BCUT2D eigenvalue weighted by Gasteiger charge is 2.18. The van der Waals surface area contributed by atoms with E-state index in [0.717, 1.165) is 29.2 Å². The van der Waals surface area contributed by atoms with E-state index in [9.17, 15) is 0 Å². The van der Waals surface area contributed by atoms with E-state index >= 15 is 0 Å². The van der Waals surface area contributed by atoms with E-state index in [0.29, 0.717) is 16.8 Å². The van der Waals surface area contributed by atoms with Gasteiger partial charge in [-0.3, -0.25) is 4.68 Å². The molecule has 3 aromatic rings. The molecular formula is C24H27ClN4. The standard InChI is InChI=1S/C24H27ClN4/c1-8-28(20-11-12-22(26-7)21(25)14-20)23-13-19(10-9-16(23)4)24-17(5)27-29(15(2)3)18(24)6/h9-15H,8H2,1-6H3. The lowest BCUT2D eigenvalue weighted by atomic mass is 10.00. The van der Waals surface area contributed by atoms with Gasteiger partial charge in [-0.15, -0.1) is 0 Å². The van der Waals surface area contributed by atoms with Crippen LogP contribution in [-0.2, 0) is 0 Å². The number of benzene rings is 2. The molecule has 5 heteroatoms. The van der Waals surface area contributed by atoms with Gasteiger partial charge in [0.25, 0.3) is 0 Å². The molecule has 0 fully saturated rings. The Hall–Kier alpha value is -2.77. The zero-order valence-corrected chi connectivity index (χ0v) is 18.7. The van der Waals surface area contributed by atoms with E-state index in [2.05, 4.69) is 74.2 Å². The van der Waals surface area contributed by atoms with Crippen LogP contribution in [0.4, 0.5) is 17.1 Å². The van der Waals surface area contributed by atoms with Crippen molar-refractivity contribution in [2.45, 2.75) is 47.6 Å². The van der Waals surface area contributed by atoms with Crippen LogP contribution in [0.5, 0.6) is 0 Å². The van der Waals surface area contributed by atoms with Crippen LogP contribution in [-0.4, -0.2) is 16.3 Å². The molecule has 1 aromatic heterocycles. The minimum atomic E-state index is 0.322. The van der Waals surface area contributed by atoms with Gasteiger partial charge in [0.1, 0.15) is 0 Å². The Bertz CT molecular complexity index is 1090. The summed E-state index contributed by atoms with van der Waals surface area (Å²) in [6.45, 7) is 20.8. The third-order valence-electron chi connectivity index (χ3n) is 5.28. The van der Waals surface area contributed by atoms with Crippen molar-refractivity contribution in [3.05, 3.63) is 69.8 Å². The minimum absolute atomic E-state index is 0.322. The molecule has 2 aromatic carbocycles.